The molecule has 1 aromatic carbocycles. The highest BCUT2D eigenvalue weighted by molar-refractivity contribution is 5.96. The van der Waals surface area contributed by atoms with E-state index in [1.807, 2.05) is 12.1 Å². The molecule has 0 saturated heterocycles. The van der Waals surface area contributed by atoms with Crippen LogP contribution in [-0.4, -0.2) is 37.9 Å². The van der Waals surface area contributed by atoms with Crippen molar-refractivity contribution in [3.05, 3.63) is 52.6 Å². The number of halogens is 1. The zero-order chi connectivity index (χ0) is 24.9. The molecule has 35 heavy (non-hydrogen) atoms. The Bertz CT molecular complexity index is 1190. The smallest absolute Gasteiger partial charge is 0.242 e. The number of carbonyl (C=O) groups excluding carboxylic acids is 1. The highest BCUT2D eigenvalue weighted by Crippen LogP contribution is 2.25. The SMILES string of the molecule is CCCOCc1cc(C(=O)Cn2nc3ccc(OC(CC)CC)nn3c2=N)cc(C(C)(C)C)c1.Cl. The number of fused-ring (bicyclic) bond motifs is 1. The van der Waals surface area contributed by atoms with Crippen molar-refractivity contribution in [2.45, 2.75) is 85.5 Å². The summed E-state index contributed by atoms with van der Waals surface area (Å²) in [4.78, 5) is 13.3. The van der Waals surface area contributed by atoms with E-state index < -0.39 is 0 Å². The number of Topliss-reactive ketones (excluding diaryl/α,β-unsaturated/α-hetero) is 1. The van der Waals surface area contributed by atoms with Gasteiger partial charge in [0.25, 0.3) is 0 Å². The molecule has 8 nitrogen and oxygen atoms in total. The van der Waals surface area contributed by atoms with Gasteiger partial charge in [-0.05, 0) is 54.0 Å². The molecular weight excluding hydrogens is 466 g/mol. The fourth-order valence-electron chi connectivity index (χ4n) is 3.64. The highest BCUT2D eigenvalue weighted by Gasteiger charge is 2.19. The van der Waals surface area contributed by atoms with Gasteiger partial charge in [-0.2, -0.15) is 4.52 Å². The Balaban J connectivity index is 0.00000432. The molecule has 0 aliphatic rings. The zero-order valence-corrected chi connectivity index (χ0v) is 22.4. The zero-order valence-electron chi connectivity index (χ0n) is 21.6. The second kappa shape index (κ2) is 12.3. The number of aromatic nitrogens is 4. The Labute approximate surface area is 213 Å². The first-order valence-electron chi connectivity index (χ1n) is 12.1. The van der Waals surface area contributed by atoms with Gasteiger partial charge in [0.1, 0.15) is 6.54 Å². The minimum absolute atomic E-state index is 0. The quantitative estimate of drug-likeness (QED) is 0.290. The van der Waals surface area contributed by atoms with Crippen molar-refractivity contribution in [3.63, 3.8) is 0 Å². The van der Waals surface area contributed by atoms with E-state index in [2.05, 4.69) is 57.8 Å². The van der Waals surface area contributed by atoms with E-state index in [4.69, 9.17) is 14.9 Å². The van der Waals surface area contributed by atoms with Crippen LogP contribution in [0, 0.1) is 5.41 Å². The third-order valence-corrected chi connectivity index (χ3v) is 5.75. The number of hydrogen-bond donors (Lipinski definition) is 1. The molecule has 0 aliphatic carbocycles. The van der Waals surface area contributed by atoms with Gasteiger partial charge in [-0.3, -0.25) is 10.2 Å². The second-order valence-corrected chi connectivity index (χ2v) is 9.62. The molecule has 0 aliphatic heterocycles. The minimum atomic E-state index is -0.113. The molecule has 0 fully saturated rings. The van der Waals surface area contributed by atoms with Gasteiger partial charge in [0, 0.05) is 18.2 Å². The molecule has 0 spiro atoms. The predicted molar refractivity (Wildman–Crippen MR) is 138 cm³/mol. The Hall–Kier alpha value is -2.71. The molecule has 0 amide bonds. The van der Waals surface area contributed by atoms with Gasteiger partial charge in [-0.25, -0.2) is 4.68 Å². The van der Waals surface area contributed by atoms with E-state index in [-0.39, 0.29) is 41.9 Å². The van der Waals surface area contributed by atoms with Crippen molar-refractivity contribution in [3.8, 4) is 5.88 Å². The summed E-state index contributed by atoms with van der Waals surface area (Å²) in [5.74, 6) is 0.332. The average Bonchev–Trinajstić information content (AvgIpc) is 3.11. The van der Waals surface area contributed by atoms with E-state index in [1.54, 1.807) is 12.1 Å². The van der Waals surface area contributed by atoms with Crippen LogP contribution < -0.4 is 10.4 Å². The van der Waals surface area contributed by atoms with E-state index in [9.17, 15) is 4.79 Å². The summed E-state index contributed by atoms with van der Waals surface area (Å²) in [6, 6.07) is 9.43. The van der Waals surface area contributed by atoms with Crippen LogP contribution in [0.2, 0.25) is 0 Å². The molecule has 3 aromatic rings. The summed E-state index contributed by atoms with van der Waals surface area (Å²) in [5, 5.41) is 17.3. The Morgan fingerprint density at radius 3 is 2.43 bits per heavy atom. The van der Waals surface area contributed by atoms with Crippen molar-refractivity contribution < 1.29 is 14.3 Å². The second-order valence-electron chi connectivity index (χ2n) is 9.62. The Morgan fingerprint density at radius 1 is 1.09 bits per heavy atom. The number of hydrogen-bond acceptors (Lipinski definition) is 6. The molecule has 2 aromatic heterocycles. The molecule has 0 unspecified atom stereocenters. The van der Waals surface area contributed by atoms with Gasteiger partial charge < -0.3 is 9.47 Å². The summed E-state index contributed by atoms with van der Waals surface area (Å²) in [6.07, 6.45) is 2.77. The summed E-state index contributed by atoms with van der Waals surface area (Å²) >= 11 is 0. The van der Waals surface area contributed by atoms with Gasteiger partial charge >= 0.3 is 0 Å². The number of carbonyl (C=O) groups is 1. The van der Waals surface area contributed by atoms with Crippen LogP contribution in [-0.2, 0) is 23.3 Å². The van der Waals surface area contributed by atoms with Gasteiger partial charge in [0.2, 0.25) is 11.5 Å². The van der Waals surface area contributed by atoms with E-state index in [0.717, 1.165) is 30.4 Å². The summed E-state index contributed by atoms with van der Waals surface area (Å²) < 4.78 is 14.4. The van der Waals surface area contributed by atoms with E-state index in [0.29, 0.717) is 30.3 Å². The van der Waals surface area contributed by atoms with Crippen molar-refractivity contribution in [1.82, 2.24) is 19.4 Å². The summed E-state index contributed by atoms with van der Waals surface area (Å²) in [5.41, 5.74) is 3.05. The third-order valence-electron chi connectivity index (χ3n) is 5.75. The fraction of sp³-hybridized carbons (Fsp3) is 0.538. The van der Waals surface area contributed by atoms with Crippen molar-refractivity contribution in [1.29, 1.82) is 5.41 Å². The lowest BCUT2D eigenvalue weighted by Crippen LogP contribution is -2.27. The average molecular weight is 504 g/mol. The number of ketones is 1. The maximum absolute atomic E-state index is 13.3. The molecule has 9 heteroatoms. The number of benzene rings is 1. The number of rotatable bonds is 11. The van der Waals surface area contributed by atoms with E-state index in [1.165, 1.54) is 9.20 Å². The number of nitrogens with zero attached hydrogens (tertiary/aromatic N) is 4. The van der Waals surface area contributed by atoms with Crippen LogP contribution in [0.15, 0.2) is 30.3 Å². The highest BCUT2D eigenvalue weighted by atomic mass is 35.5. The third kappa shape index (κ3) is 7.15. The topological polar surface area (TPSA) is 94.5 Å². The molecular formula is C26H38ClN5O3. The first kappa shape index (κ1) is 28.5. The minimum Gasteiger partial charge on any atom is -0.473 e. The van der Waals surface area contributed by atoms with Crippen LogP contribution in [0.5, 0.6) is 5.88 Å². The van der Waals surface area contributed by atoms with Gasteiger partial charge in [0.15, 0.2) is 11.4 Å². The molecule has 2 heterocycles. The van der Waals surface area contributed by atoms with Crippen LogP contribution in [0.4, 0.5) is 0 Å². The van der Waals surface area contributed by atoms with Crippen LogP contribution >= 0.6 is 12.4 Å². The molecule has 0 atom stereocenters. The molecule has 0 bridgehead atoms. The summed E-state index contributed by atoms with van der Waals surface area (Å²) in [6.45, 7) is 13.7. The Kier molecular flexibility index (Phi) is 10.0. The predicted octanol–water partition coefficient (Wildman–Crippen LogP) is 5.11. The van der Waals surface area contributed by atoms with E-state index >= 15 is 0 Å². The van der Waals surface area contributed by atoms with Gasteiger partial charge in [0.05, 0.1) is 12.7 Å². The molecule has 0 saturated carbocycles. The molecule has 1 N–H and O–H groups in total. The molecule has 3 rings (SSSR count). The Morgan fingerprint density at radius 2 is 1.80 bits per heavy atom. The first-order chi connectivity index (χ1) is 16.2. The number of ether oxygens (including phenoxy) is 2. The maximum Gasteiger partial charge on any atom is 0.242 e. The standard InChI is InChI=1S/C26H37N5O3.ClH/c1-7-12-33-17-18-13-19(15-20(14-18)26(4,5)6)22(32)16-30-25(27)31-23(28-30)10-11-24(29-31)34-21(8-2)9-3;/h10-11,13-15,21,27H,7-9,12,16-17H2,1-6H3;1H. The molecule has 192 valence electrons. The van der Waals surface area contributed by atoms with Crippen molar-refractivity contribution >= 4 is 23.8 Å². The fourth-order valence-corrected chi connectivity index (χ4v) is 3.64. The van der Waals surface area contributed by atoms with Crippen LogP contribution in [0.1, 0.15) is 82.3 Å². The van der Waals surface area contributed by atoms with Gasteiger partial charge in [-0.1, -0.05) is 47.6 Å². The lowest BCUT2D eigenvalue weighted by Gasteiger charge is -2.21. The monoisotopic (exact) mass is 503 g/mol. The normalized spacial score (nSPS) is 11.6. The van der Waals surface area contributed by atoms with Crippen molar-refractivity contribution in [2.75, 3.05) is 6.61 Å². The maximum atomic E-state index is 13.3. The van der Waals surface area contributed by atoms with Gasteiger partial charge in [-0.15, -0.1) is 22.6 Å². The summed E-state index contributed by atoms with van der Waals surface area (Å²) in [7, 11) is 0. The largest absolute Gasteiger partial charge is 0.473 e. The van der Waals surface area contributed by atoms with Crippen molar-refractivity contribution in [2.24, 2.45) is 0 Å². The van der Waals surface area contributed by atoms with Crippen LogP contribution in [0.3, 0.4) is 0 Å². The lowest BCUT2D eigenvalue weighted by atomic mass is 9.84. The lowest BCUT2D eigenvalue weighted by molar-refractivity contribution is 0.0964. The van der Waals surface area contributed by atoms with Crippen LogP contribution in [0.25, 0.3) is 5.65 Å². The molecule has 0 radical (unpaired) electrons. The number of nitrogens with one attached hydrogen (secondary N) is 1. The first-order valence-corrected chi connectivity index (χ1v) is 12.1.